The zero-order valence-electron chi connectivity index (χ0n) is 9.61. The minimum atomic E-state index is 0.329. The molecule has 0 aliphatic heterocycles. The quantitative estimate of drug-likeness (QED) is 0.684. The largest absolute Gasteiger partial charge is 0.302 e. The van der Waals surface area contributed by atoms with E-state index in [0.717, 1.165) is 22.6 Å². The van der Waals surface area contributed by atoms with E-state index in [1.165, 1.54) is 0 Å². The number of nitrogens with zero attached hydrogens (tertiary/aromatic N) is 4. The Morgan fingerprint density at radius 2 is 2.17 bits per heavy atom. The first-order valence-electron chi connectivity index (χ1n) is 5.63. The molecule has 0 radical (unpaired) electrons. The average molecular weight is 234 g/mol. The molecule has 86 valence electrons. The average Bonchev–Trinajstić information content (AvgIpc) is 2.80. The van der Waals surface area contributed by atoms with Crippen LogP contribution in [0, 0.1) is 11.3 Å². The summed E-state index contributed by atoms with van der Waals surface area (Å²) in [5.41, 5.74) is 3.52. The van der Waals surface area contributed by atoms with E-state index in [1.54, 1.807) is 12.4 Å². The van der Waals surface area contributed by atoms with Gasteiger partial charge in [-0.3, -0.25) is 4.98 Å². The van der Waals surface area contributed by atoms with Crippen molar-refractivity contribution in [1.29, 1.82) is 5.26 Å². The summed E-state index contributed by atoms with van der Waals surface area (Å²) >= 11 is 0. The van der Waals surface area contributed by atoms with Crippen molar-refractivity contribution < 1.29 is 0 Å². The summed E-state index contributed by atoms with van der Waals surface area (Å²) in [7, 11) is 0. The molecule has 0 aliphatic carbocycles. The Morgan fingerprint density at radius 3 is 2.94 bits per heavy atom. The van der Waals surface area contributed by atoms with E-state index in [0.29, 0.717) is 6.42 Å². The molecule has 0 atom stereocenters. The Hall–Kier alpha value is -2.67. The van der Waals surface area contributed by atoms with Crippen LogP contribution in [0.25, 0.3) is 16.9 Å². The predicted molar refractivity (Wildman–Crippen MR) is 67.7 cm³/mol. The van der Waals surface area contributed by atoms with Gasteiger partial charge in [0.1, 0.15) is 5.65 Å². The number of fused-ring (bicyclic) bond motifs is 1. The standard InChI is InChI=1S/C14H10N4/c15-7-6-12-14(11-4-3-8-16-10-11)17-13-5-1-2-9-18(12)13/h1-5,8-10H,6H2. The Bertz CT molecular complexity index is 722. The summed E-state index contributed by atoms with van der Waals surface area (Å²) in [5, 5.41) is 8.96. The highest BCUT2D eigenvalue weighted by atomic mass is 15.0. The number of hydrogen-bond donors (Lipinski definition) is 0. The maximum atomic E-state index is 8.96. The highest BCUT2D eigenvalue weighted by Crippen LogP contribution is 2.23. The Balaban J connectivity index is 2.29. The van der Waals surface area contributed by atoms with Gasteiger partial charge in [0.05, 0.1) is 23.9 Å². The van der Waals surface area contributed by atoms with Crippen molar-refractivity contribution in [2.24, 2.45) is 0 Å². The summed E-state index contributed by atoms with van der Waals surface area (Å²) in [4.78, 5) is 8.67. The molecule has 0 saturated heterocycles. The molecule has 4 heteroatoms. The van der Waals surface area contributed by atoms with Crippen LogP contribution >= 0.6 is 0 Å². The van der Waals surface area contributed by atoms with Gasteiger partial charge in [-0.25, -0.2) is 4.98 Å². The molecule has 3 aromatic rings. The molecule has 4 nitrogen and oxygen atoms in total. The highest BCUT2D eigenvalue weighted by Gasteiger charge is 2.12. The fourth-order valence-electron chi connectivity index (χ4n) is 2.02. The molecule has 3 heterocycles. The van der Waals surface area contributed by atoms with Crippen molar-refractivity contribution in [3.05, 3.63) is 54.6 Å². The van der Waals surface area contributed by atoms with Crippen LogP contribution in [0.4, 0.5) is 0 Å². The first-order chi connectivity index (χ1) is 8.90. The predicted octanol–water partition coefficient (Wildman–Crippen LogP) is 2.46. The number of nitriles is 1. The van der Waals surface area contributed by atoms with E-state index < -0.39 is 0 Å². The van der Waals surface area contributed by atoms with E-state index in [2.05, 4.69) is 16.0 Å². The van der Waals surface area contributed by atoms with E-state index >= 15 is 0 Å². The molecule has 0 saturated carbocycles. The molecular formula is C14H10N4. The van der Waals surface area contributed by atoms with Gasteiger partial charge < -0.3 is 4.40 Å². The van der Waals surface area contributed by atoms with Gasteiger partial charge in [0, 0.05) is 24.2 Å². The monoisotopic (exact) mass is 234 g/mol. The Labute approximate surface area is 104 Å². The summed E-state index contributed by atoms with van der Waals surface area (Å²) in [6.45, 7) is 0. The lowest BCUT2D eigenvalue weighted by Gasteiger charge is -2.00. The minimum absolute atomic E-state index is 0.329. The molecule has 0 aliphatic rings. The molecule has 0 aromatic carbocycles. The van der Waals surface area contributed by atoms with Gasteiger partial charge in [-0.15, -0.1) is 0 Å². The summed E-state index contributed by atoms with van der Waals surface area (Å²) in [5.74, 6) is 0. The first kappa shape index (κ1) is 10.5. The van der Waals surface area contributed by atoms with E-state index in [4.69, 9.17) is 5.26 Å². The van der Waals surface area contributed by atoms with Crippen molar-refractivity contribution in [1.82, 2.24) is 14.4 Å². The third kappa shape index (κ3) is 1.62. The fraction of sp³-hybridized carbons (Fsp3) is 0.0714. The lowest BCUT2D eigenvalue weighted by atomic mass is 10.1. The lowest BCUT2D eigenvalue weighted by Crippen LogP contribution is -1.92. The molecule has 3 aromatic heterocycles. The molecule has 0 amide bonds. The third-order valence-electron chi connectivity index (χ3n) is 2.81. The molecule has 0 spiro atoms. The molecule has 3 rings (SSSR count). The highest BCUT2D eigenvalue weighted by molar-refractivity contribution is 5.66. The Morgan fingerprint density at radius 1 is 1.22 bits per heavy atom. The van der Waals surface area contributed by atoms with Gasteiger partial charge in [0.25, 0.3) is 0 Å². The molecular weight excluding hydrogens is 224 g/mol. The van der Waals surface area contributed by atoms with Gasteiger partial charge in [0.2, 0.25) is 0 Å². The number of pyridine rings is 2. The second kappa shape index (κ2) is 4.30. The van der Waals surface area contributed by atoms with Gasteiger partial charge in [-0.2, -0.15) is 5.26 Å². The second-order valence-electron chi connectivity index (χ2n) is 3.91. The second-order valence-corrected chi connectivity index (χ2v) is 3.91. The van der Waals surface area contributed by atoms with Crippen LogP contribution < -0.4 is 0 Å². The molecule has 0 unspecified atom stereocenters. The Kier molecular flexibility index (Phi) is 2.50. The van der Waals surface area contributed by atoms with Crippen molar-refractivity contribution in [2.45, 2.75) is 6.42 Å². The van der Waals surface area contributed by atoms with Crippen LogP contribution in [-0.4, -0.2) is 14.4 Å². The molecule has 0 bridgehead atoms. The first-order valence-corrected chi connectivity index (χ1v) is 5.63. The maximum absolute atomic E-state index is 8.96. The van der Waals surface area contributed by atoms with Gasteiger partial charge in [-0.05, 0) is 24.3 Å². The van der Waals surface area contributed by atoms with Crippen molar-refractivity contribution in [3.8, 4) is 17.3 Å². The normalized spacial score (nSPS) is 10.4. The number of rotatable bonds is 2. The van der Waals surface area contributed by atoms with Crippen molar-refractivity contribution in [2.75, 3.05) is 0 Å². The van der Waals surface area contributed by atoms with Crippen LogP contribution in [-0.2, 0) is 6.42 Å². The number of imidazole rings is 1. The lowest BCUT2D eigenvalue weighted by molar-refractivity contribution is 1.06. The maximum Gasteiger partial charge on any atom is 0.137 e. The van der Waals surface area contributed by atoms with E-state index in [9.17, 15) is 0 Å². The third-order valence-corrected chi connectivity index (χ3v) is 2.81. The van der Waals surface area contributed by atoms with E-state index in [1.807, 2.05) is 40.9 Å². The fourth-order valence-corrected chi connectivity index (χ4v) is 2.02. The minimum Gasteiger partial charge on any atom is -0.302 e. The van der Waals surface area contributed by atoms with Crippen molar-refractivity contribution >= 4 is 5.65 Å². The smallest absolute Gasteiger partial charge is 0.137 e. The van der Waals surface area contributed by atoms with Crippen LogP contribution in [0.3, 0.4) is 0 Å². The summed E-state index contributed by atoms with van der Waals surface area (Å²) in [6, 6.07) is 11.8. The van der Waals surface area contributed by atoms with Crippen LogP contribution in [0.1, 0.15) is 5.69 Å². The zero-order valence-corrected chi connectivity index (χ0v) is 9.61. The number of aromatic nitrogens is 3. The van der Waals surface area contributed by atoms with Gasteiger partial charge in [0.15, 0.2) is 0 Å². The summed E-state index contributed by atoms with van der Waals surface area (Å²) in [6.07, 6.45) is 5.75. The molecule has 0 N–H and O–H groups in total. The molecule has 18 heavy (non-hydrogen) atoms. The molecule has 0 fully saturated rings. The van der Waals surface area contributed by atoms with Crippen molar-refractivity contribution in [3.63, 3.8) is 0 Å². The topological polar surface area (TPSA) is 54.0 Å². The SMILES string of the molecule is N#CCc1c(-c2cccnc2)nc2ccccn12. The van der Waals surface area contributed by atoms with Crippen LogP contribution in [0.5, 0.6) is 0 Å². The summed E-state index contributed by atoms with van der Waals surface area (Å²) < 4.78 is 1.95. The van der Waals surface area contributed by atoms with Crippen LogP contribution in [0.2, 0.25) is 0 Å². The zero-order chi connectivity index (χ0) is 12.4. The van der Waals surface area contributed by atoms with E-state index in [-0.39, 0.29) is 0 Å². The number of hydrogen-bond acceptors (Lipinski definition) is 3. The van der Waals surface area contributed by atoms with Gasteiger partial charge >= 0.3 is 0 Å². The van der Waals surface area contributed by atoms with Gasteiger partial charge in [-0.1, -0.05) is 6.07 Å². The van der Waals surface area contributed by atoms with Crippen LogP contribution in [0.15, 0.2) is 48.9 Å².